The highest BCUT2D eigenvalue weighted by atomic mass is 19.4. The minimum Gasteiger partial charge on any atom is -0.489 e. The van der Waals surface area contributed by atoms with E-state index in [1.165, 1.54) is 17.0 Å². The van der Waals surface area contributed by atoms with E-state index in [4.69, 9.17) is 4.74 Å². The Balaban J connectivity index is 1.56. The Kier molecular flexibility index (Phi) is 7.20. The number of anilines is 1. The van der Waals surface area contributed by atoms with Crippen molar-refractivity contribution < 1.29 is 22.7 Å². The largest absolute Gasteiger partial charge is 0.489 e. The van der Waals surface area contributed by atoms with Crippen molar-refractivity contribution in [2.45, 2.75) is 26.3 Å². The van der Waals surface area contributed by atoms with Crippen LogP contribution in [0.4, 0.5) is 18.9 Å². The Morgan fingerprint density at radius 3 is 2.03 bits per heavy atom. The Morgan fingerprint density at radius 2 is 1.40 bits per heavy atom. The second kappa shape index (κ2) is 10.5. The second-order valence-corrected chi connectivity index (χ2v) is 8.17. The van der Waals surface area contributed by atoms with Crippen LogP contribution in [0.3, 0.4) is 0 Å². The topological polar surface area (TPSA) is 29.5 Å². The van der Waals surface area contributed by atoms with Crippen molar-refractivity contribution in [1.29, 1.82) is 0 Å². The SMILES string of the molecule is Cc1ccccc1C(=O)N(Cc1ccc(OCc2ccccc2)cc1)c1ccc(C(F)(F)F)cc1. The van der Waals surface area contributed by atoms with Gasteiger partial charge in [0.1, 0.15) is 12.4 Å². The number of hydrogen-bond donors (Lipinski definition) is 0. The van der Waals surface area contributed by atoms with Gasteiger partial charge in [0.15, 0.2) is 0 Å². The fourth-order valence-electron chi connectivity index (χ4n) is 3.68. The molecule has 3 nitrogen and oxygen atoms in total. The lowest BCUT2D eigenvalue weighted by Gasteiger charge is -2.24. The number of ether oxygens (including phenoxy) is 1. The van der Waals surface area contributed by atoms with Gasteiger partial charge >= 0.3 is 6.18 Å². The van der Waals surface area contributed by atoms with Gasteiger partial charge < -0.3 is 9.64 Å². The summed E-state index contributed by atoms with van der Waals surface area (Å²) in [7, 11) is 0. The molecule has 35 heavy (non-hydrogen) atoms. The van der Waals surface area contributed by atoms with Crippen LogP contribution < -0.4 is 9.64 Å². The van der Waals surface area contributed by atoms with E-state index in [1.54, 1.807) is 12.1 Å². The smallest absolute Gasteiger partial charge is 0.416 e. The molecule has 1 amide bonds. The van der Waals surface area contributed by atoms with Crippen LogP contribution in [-0.4, -0.2) is 5.91 Å². The lowest BCUT2D eigenvalue weighted by Crippen LogP contribution is -2.31. The number of halogens is 3. The number of benzene rings is 4. The second-order valence-electron chi connectivity index (χ2n) is 8.17. The fraction of sp³-hybridized carbons (Fsp3) is 0.138. The highest BCUT2D eigenvalue weighted by Crippen LogP contribution is 2.31. The summed E-state index contributed by atoms with van der Waals surface area (Å²) in [5.74, 6) is 0.399. The standard InChI is InChI=1S/C29H24F3NO2/c1-21-7-5-6-10-27(21)28(34)33(25-15-13-24(14-16-25)29(30,31)32)19-22-11-17-26(18-12-22)35-20-23-8-3-2-4-9-23/h2-18H,19-20H2,1H3. The number of nitrogens with zero attached hydrogens (tertiary/aromatic N) is 1. The molecular formula is C29H24F3NO2. The molecule has 0 bridgehead atoms. The third kappa shape index (κ3) is 6.09. The molecule has 4 rings (SSSR count). The van der Waals surface area contributed by atoms with Gasteiger partial charge in [0, 0.05) is 11.3 Å². The molecule has 4 aromatic carbocycles. The molecule has 6 heteroatoms. The molecule has 0 fully saturated rings. The first kappa shape index (κ1) is 24.1. The van der Waals surface area contributed by atoms with Gasteiger partial charge in [-0.2, -0.15) is 13.2 Å². The van der Waals surface area contributed by atoms with Gasteiger partial charge in [0.2, 0.25) is 0 Å². The highest BCUT2D eigenvalue weighted by molar-refractivity contribution is 6.07. The van der Waals surface area contributed by atoms with E-state index in [2.05, 4.69) is 0 Å². The van der Waals surface area contributed by atoms with Crippen LogP contribution >= 0.6 is 0 Å². The first-order chi connectivity index (χ1) is 16.8. The molecule has 0 heterocycles. The number of alkyl halides is 3. The number of carbonyl (C=O) groups is 1. The Labute approximate surface area is 202 Å². The summed E-state index contributed by atoms with van der Waals surface area (Å²) in [6.07, 6.45) is -4.45. The van der Waals surface area contributed by atoms with E-state index < -0.39 is 11.7 Å². The van der Waals surface area contributed by atoms with Crippen molar-refractivity contribution in [3.05, 3.63) is 131 Å². The maximum atomic E-state index is 13.5. The maximum Gasteiger partial charge on any atom is 0.416 e. The van der Waals surface area contributed by atoms with Crippen LogP contribution in [0.15, 0.2) is 103 Å². The van der Waals surface area contributed by atoms with E-state index in [9.17, 15) is 18.0 Å². The molecule has 4 aromatic rings. The van der Waals surface area contributed by atoms with E-state index in [-0.39, 0.29) is 12.5 Å². The summed E-state index contributed by atoms with van der Waals surface area (Å²) in [4.78, 5) is 14.9. The predicted octanol–water partition coefficient (Wildman–Crippen LogP) is 7.44. The lowest BCUT2D eigenvalue weighted by molar-refractivity contribution is -0.137. The highest BCUT2D eigenvalue weighted by Gasteiger charge is 2.30. The summed E-state index contributed by atoms with van der Waals surface area (Å²) < 4.78 is 45.0. The summed E-state index contributed by atoms with van der Waals surface area (Å²) >= 11 is 0. The van der Waals surface area contributed by atoms with Crippen molar-refractivity contribution in [3.8, 4) is 5.75 Å². The van der Waals surface area contributed by atoms with E-state index in [0.717, 1.165) is 28.8 Å². The molecule has 0 unspecified atom stereocenters. The van der Waals surface area contributed by atoms with Gasteiger partial charge in [-0.3, -0.25) is 4.79 Å². The third-order valence-electron chi connectivity index (χ3n) is 5.64. The predicted molar refractivity (Wildman–Crippen MR) is 130 cm³/mol. The van der Waals surface area contributed by atoms with Crippen molar-refractivity contribution >= 4 is 11.6 Å². The number of aryl methyl sites for hydroxylation is 1. The Hall–Kier alpha value is -4.06. The Morgan fingerprint density at radius 1 is 0.771 bits per heavy atom. The molecule has 0 atom stereocenters. The summed E-state index contributed by atoms with van der Waals surface area (Å²) in [5, 5.41) is 0. The van der Waals surface area contributed by atoms with Gasteiger partial charge in [0.05, 0.1) is 12.1 Å². The van der Waals surface area contributed by atoms with Crippen LogP contribution in [0.2, 0.25) is 0 Å². The first-order valence-electron chi connectivity index (χ1n) is 11.1. The Bertz CT molecular complexity index is 1270. The molecule has 0 aromatic heterocycles. The van der Waals surface area contributed by atoms with Crippen LogP contribution in [-0.2, 0) is 19.3 Å². The molecule has 0 N–H and O–H groups in total. The molecular weight excluding hydrogens is 451 g/mol. The molecule has 0 aliphatic carbocycles. The molecule has 0 spiro atoms. The minimum absolute atomic E-state index is 0.192. The van der Waals surface area contributed by atoms with Crippen LogP contribution in [0, 0.1) is 6.92 Å². The lowest BCUT2D eigenvalue weighted by atomic mass is 10.1. The van der Waals surface area contributed by atoms with Crippen molar-refractivity contribution in [2.24, 2.45) is 0 Å². The molecule has 0 saturated carbocycles. The zero-order valence-corrected chi connectivity index (χ0v) is 19.1. The molecule has 0 aliphatic heterocycles. The quantitative estimate of drug-likeness (QED) is 0.278. The normalized spacial score (nSPS) is 11.2. The summed E-state index contributed by atoms with van der Waals surface area (Å²) in [5.41, 5.74) is 2.78. The van der Waals surface area contributed by atoms with E-state index >= 15 is 0 Å². The van der Waals surface area contributed by atoms with Gasteiger partial charge in [-0.05, 0) is 66.1 Å². The molecule has 0 aliphatic rings. The summed E-state index contributed by atoms with van der Waals surface area (Å²) in [6, 6.07) is 28.9. The summed E-state index contributed by atoms with van der Waals surface area (Å²) in [6.45, 7) is 2.46. The first-order valence-corrected chi connectivity index (χ1v) is 11.1. The van der Waals surface area contributed by atoms with Crippen LogP contribution in [0.1, 0.15) is 32.6 Å². The average Bonchev–Trinajstić information content (AvgIpc) is 2.87. The number of rotatable bonds is 7. The molecule has 0 radical (unpaired) electrons. The average molecular weight is 476 g/mol. The van der Waals surface area contributed by atoms with Crippen LogP contribution in [0.5, 0.6) is 5.75 Å². The zero-order valence-electron chi connectivity index (χ0n) is 19.1. The van der Waals surface area contributed by atoms with Crippen molar-refractivity contribution in [3.63, 3.8) is 0 Å². The number of carbonyl (C=O) groups excluding carboxylic acids is 1. The fourth-order valence-corrected chi connectivity index (χ4v) is 3.68. The van der Waals surface area contributed by atoms with Gasteiger partial charge in [-0.15, -0.1) is 0 Å². The van der Waals surface area contributed by atoms with Crippen molar-refractivity contribution in [2.75, 3.05) is 4.90 Å². The minimum atomic E-state index is -4.45. The number of amides is 1. The zero-order chi connectivity index (χ0) is 24.8. The van der Waals surface area contributed by atoms with Crippen molar-refractivity contribution in [1.82, 2.24) is 0 Å². The van der Waals surface area contributed by atoms with Gasteiger partial charge in [-0.1, -0.05) is 60.7 Å². The maximum absolute atomic E-state index is 13.5. The molecule has 0 saturated heterocycles. The molecule has 178 valence electrons. The van der Waals surface area contributed by atoms with Gasteiger partial charge in [0.25, 0.3) is 5.91 Å². The van der Waals surface area contributed by atoms with E-state index in [1.807, 2.05) is 73.7 Å². The van der Waals surface area contributed by atoms with E-state index in [0.29, 0.717) is 23.6 Å². The van der Waals surface area contributed by atoms with Crippen LogP contribution in [0.25, 0.3) is 0 Å². The monoisotopic (exact) mass is 475 g/mol. The third-order valence-corrected chi connectivity index (χ3v) is 5.64. The van der Waals surface area contributed by atoms with Gasteiger partial charge in [-0.25, -0.2) is 0 Å². The number of hydrogen-bond acceptors (Lipinski definition) is 2.